The highest BCUT2D eigenvalue weighted by molar-refractivity contribution is 5.94. The van der Waals surface area contributed by atoms with Crippen molar-refractivity contribution in [2.24, 2.45) is 18.9 Å². The maximum Gasteiger partial charge on any atom is 0.272 e. The number of carbonyl (C=O) groups excluding carboxylic acids is 1. The topological polar surface area (TPSA) is 83.9 Å². The van der Waals surface area contributed by atoms with Gasteiger partial charge in [0.1, 0.15) is 7.05 Å². The minimum Gasteiger partial charge on any atom is -0.394 e. The van der Waals surface area contributed by atoms with E-state index in [-0.39, 0.29) is 24.5 Å². The number of hydrogen-bond acceptors (Lipinski definition) is 4. The summed E-state index contributed by atoms with van der Waals surface area (Å²) in [5.74, 6) is 1.82. The van der Waals surface area contributed by atoms with E-state index < -0.39 is 0 Å². The summed E-state index contributed by atoms with van der Waals surface area (Å²) >= 11 is 0. The molecule has 7 heteroatoms. The Bertz CT molecular complexity index is 829. The van der Waals surface area contributed by atoms with Crippen molar-refractivity contribution < 1.29 is 14.5 Å². The van der Waals surface area contributed by atoms with Crippen LogP contribution in [0.25, 0.3) is 5.82 Å². The fourth-order valence-electron chi connectivity index (χ4n) is 3.72. The van der Waals surface area contributed by atoms with E-state index in [9.17, 15) is 9.90 Å². The number of carbonyl (C=O) groups is 1. The standard InChI is InChI=1S/C18H23N5O2/c1-10(2)14(9-24)20-18(25)16-13-7-11-6-12(11)17(13)23(21-16)15-8-22(3)5-4-19-15/h4-5,8,10-12,14,24H,6-7,9H2,1-3H3/p+1/t11-,12-,14-/m1/s1. The largest absolute Gasteiger partial charge is 0.394 e. The van der Waals surface area contributed by atoms with Crippen LogP contribution in [0.15, 0.2) is 18.6 Å². The van der Waals surface area contributed by atoms with Crippen LogP contribution in [0.3, 0.4) is 0 Å². The third-order valence-electron chi connectivity index (χ3n) is 5.34. The molecule has 2 aliphatic carbocycles. The van der Waals surface area contributed by atoms with Crippen molar-refractivity contribution >= 4 is 5.91 Å². The molecule has 2 heterocycles. The molecule has 25 heavy (non-hydrogen) atoms. The van der Waals surface area contributed by atoms with E-state index >= 15 is 0 Å². The monoisotopic (exact) mass is 342 g/mol. The quantitative estimate of drug-likeness (QED) is 0.775. The zero-order valence-corrected chi connectivity index (χ0v) is 14.8. The van der Waals surface area contributed by atoms with Gasteiger partial charge in [-0.05, 0) is 24.7 Å². The Morgan fingerprint density at radius 2 is 2.32 bits per heavy atom. The molecule has 1 amide bonds. The molecule has 7 nitrogen and oxygen atoms in total. The number of aromatic nitrogens is 4. The molecule has 0 unspecified atom stereocenters. The summed E-state index contributed by atoms with van der Waals surface area (Å²) in [6.45, 7) is 3.88. The molecule has 0 aliphatic heterocycles. The second-order valence-corrected chi connectivity index (χ2v) is 7.52. The van der Waals surface area contributed by atoms with Gasteiger partial charge in [-0.1, -0.05) is 13.8 Å². The summed E-state index contributed by atoms with van der Waals surface area (Å²) < 4.78 is 3.77. The molecule has 132 valence electrons. The van der Waals surface area contributed by atoms with E-state index in [2.05, 4.69) is 15.4 Å². The van der Waals surface area contributed by atoms with Crippen LogP contribution in [0.2, 0.25) is 0 Å². The highest BCUT2D eigenvalue weighted by Crippen LogP contribution is 2.57. The Labute approximate surface area is 146 Å². The second kappa shape index (κ2) is 5.91. The van der Waals surface area contributed by atoms with E-state index in [0.29, 0.717) is 17.5 Å². The lowest BCUT2D eigenvalue weighted by Gasteiger charge is -2.19. The third kappa shape index (κ3) is 2.72. The van der Waals surface area contributed by atoms with Gasteiger partial charge in [0.05, 0.1) is 24.5 Å². The summed E-state index contributed by atoms with van der Waals surface area (Å²) in [7, 11) is 1.94. The molecule has 0 radical (unpaired) electrons. The average Bonchev–Trinajstić information content (AvgIpc) is 3.08. The van der Waals surface area contributed by atoms with Crippen LogP contribution in [0.1, 0.15) is 47.9 Å². The van der Waals surface area contributed by atoms with Gasteiger partial charge in [-0.25, -0.2) is 14.2 Å². The number of rotatable bonds is 5. The molecular formula is C18H24N5O2+. The van der Waals surface area contributed by atoms with Crippen molar-refractivity contribution in [3.05, 3.63) is 35.5 Å². The molecule has 2 aromatic rings. The van der Waals surface area contributed by atoms with E-state index in [1.807, 2.05) is 42.5 Å². The van der Waals surface area contributed by atoms with E-state index in [4.69, 9.17) is 0 Å². The second-order valence-electron chi connectivity index (χ2n) is 7.52. The fourth-order valence-corrected chi connectivity index (χ4v) is 3.72. The van der Waals surface area contributed by atoms with Crippen LogP contribution in [0.5, 0.6) is 0 Å². The Morgan fingerprint density at radius 1 is 1.52 bits per heavy atom. The minimum absolute atomic E-state index is 0.0758. The number of hydrogen-bond donors (Lipinski definition) is 2. The highest BCUT2D eigenvalue weighted by Gasteiger charge is 2.50. The van der Waals surface area contributed by atoms with Crippen LogP contribution in [-0.4, -0.2) is 38.4 Å². The molecular weight excluding hydrogens is 318 g/mol. The molecule has 0 bridgehead atoms. The molecule has 2 aliphatic rings. The van der Waals surface area contributed by atoms with Gasteiger partial charge < -0.3 is 10.4 Å². The molecule has 4 rings (SSSR count). The predicted molar refractivity (Wildman–Crippen MR) is 90.3 cm³/mol. The third-order valence-corrected chi connectivity index (χ3v) is 5.34. The van der Waals surface area contributed by atoms with Gasteiger partial charge in [-0.3, -0.25) is 4.79 Å². The molecule has 0 spiro atoms. The van der Waals surface area contributed by atoms with Crippen molar-refractivity contribution in [3.63, 3.8) is 0 Å². The van der Waals surface area contributed by atoms with Crippen LogP contribution in [0, 0.1) is 11.8 Å². The van der Waals surface area contributed by atoms with Gasteiger partial charge >= 0.3 is 0 Å². The Hall–Kier alpha value is -2.28. The van der Waals surface area contributed by atoms with Gasteiger partial charge in [0.25, 0.3) is 5.91 Å². The SMILES string of the molecule is CC(C)[C@@H](CO)NC(=O)c1nn(-c2c[n+](C)ccn2)c2c1C[C@H]1C[C@@H]21. The lowest BCUT2D eigenvalue weighted by molar-refractivity contribution is -0.671. The number of nitrogens with zero attached hydrogens (tertiary/aromatic N) is 4. The number of nitrogens with one attached hydrogen (secondary N) is 1. The summed E-state index contributed by atoms with van der Waals surface area (Å²) in [5, 5.41) is 17.0. The first-order valence-electron chi connectivity index (χ1n) is 8.84. The first-order valence-corrected chi connectivity index (χ1v) is 8.84. The maximum absolute atomic E-state index is 12.8. The van der Waals surface area contributed by atoms with Crippen LogP contribution in [0.4, 0.5) is 0 Å². The minimum atomic E-state index is -0.267. The van der Waals surface area contributed by atoms with Crippen molar-refractivity contribution in [1.29, 1.82) is 0 Å². The van der Waals surface area contributed by atoms with Crippen LogP contribution < -0.4 is 9.88 Å². The Kier molecular flexibility index (Phi) is 3.83. The van der Waals surface area contributed by atoms with Gasteiger partial charge in [-0.15, -0.1) is 0 Å². The van der Waals surface area contributed by atoms with E-state index in [1.54, 1.807) is 6.20 Å². The lowest BCUT2D eigenvalue weighted by Crippen LogP contribution is -2.41. The Balaban J connectivity index is 1.72. The molecule has 2 aromatic heterocycles. The Morgan fingerprint density at radius 3 is 3.00 bits per heavy atom. The zero-order valence-electron chi connectivity index (χ0n) is 14.8. The van der Waals surface area contributed by atoms with Crippen molar-refractivity contribution in [2.75, 3.05) is 6.61 Å². The van der Waals surface area contributed by atoms with Gasteiger partial charge in [0.15, 0.2) is 11.9 Å². The van der Waals surface area contributed by atoms with E-state index in [0.717, 1.165) is 23.5 Å². The predicted octanol–water partition coefficient (Wildman–Crippen LogP) is 0.498. The summed E-state index contributed by atoms with van der Waals surface area (Å²) in [4.78, 5) is 17.2. The van der Waals surface area contributed by atoms with Crippen molar-refractivity contribution in [2.45, 2.75) is 38.6 Å². The number of aliphatic hydroxyl groups excluding tert-OH is 1. The molecule has 2 N–H and O–H groups in total. The van der Waals surface area contributed by atoms with E-state index in [1.165, 1.54) is 6.42 Å². The van der Waals surface area contributed by atoms with Crippen molar-refractivity contribution in [1.82, 2.24) is 20.1 Å². The summed E-state index contributed by atoms with van der Waals surface area (Å²) in [6, 6.07) is -0.267. The number of fused-ring (bicyclic) bond motifs is 3. The number of amides is 1. The smallest absolute Gasteiger partial charge is 0.272 e. The molecule has 0 saturated heterocycles. The first kappa shape index (κ1) is 16.2. The molecule has 1 saturated carbocycles. The maximum atomic E-state index is 12.8. The van der Waals surface area contributed by atoms with Gasteiger partial charge in [-0.2, -0.15) is 5.10 Å². The lowest BCUT2D eigenvalue weighted by atomic mass is 10.0. The number of aryl methyl sites for hydroxylation is 1. The summed E-state index contributed by atoms with van der Waals surface area (Å²) in [5.41, 5.74) is 2.67. The molecule has 1 fully saturated rings. The molecule has 3 atom stereocenters. The number of aliphatic hydroxyl groups is 1. The average molecular weight is 342 g/mol. The van der Waals surface area contributed by atoms with Crippen molar-refractivity contribution in [3.8, 4) is 5.82 Å². The first-order chi connectivity index (χ1) is 12.0. The fraction of sp³-hybridized carbons (Fsp3) is 0.556. The highest BCUT2D eigenvalue weighted by atomic mass is 16.3. The van der Waals surface area contributed by atoms with Gasteiger partial charge in [0, 0.05) is 11.5 Å². The van der Waals surface area contributed by atoms with Crippen LogP contribution in [-0.2, 0) is 13.5 Å². The van der Waals surface area contributed by atoms with Gasteiger partial charge in [0.2, 0.25) is 12.0 Å². The zero-order chi connectivity index (χ0) is 17.7. The van der Waals surface area contributed by atoms with Crippen LogP contribution >= 0.6 is 0 Å². The normalized spacial score (nSPS) is 21.8. The summed E-state index contributed by atoms with van der Waals surface area (Å²) in [6.07, 6.45) is 7.60. The molecule has 0 aromatic carbocycles.